The number of amides is 2. The van der Waals surface area contributed by atoms with Crippen molar-refractivity contribution < 1.29 is 27.5 Å². The fraction of sp³-hybridized carbons (Fsp3) is 0.133. The molecule has 0 spiro atoms. The van der Waals surface area contributed by atoms with Crippen LogP contribution in [0.25, 0.3) is 6.08 Å². The van der Waals surface area contributed by atoms with Gasteiger partial charge in [0.05, 0.1) is 0 Å². The first-order valence-electron chi connectivity index (χ1n) is 6.57. The monoisotopic (exact) mass is 356 g/mol. The van der Waals surface area contributed by atoms with Crippen LogP contribution in [0.2, 0.25) is 0 Å². The van der Waals surface area contributed by atoms with Crippen molar-refractivity contribution in [3.8, 4) is 5.75 Å². The Morgan fingerprint density at radius 3 is 2.58 bits per heavy atom. The summed E-state index contributed by atoms with van der Waals surface area (Å²) in [4.78, 5) is 25.4. The number of hydrogen-bond acceptors (Lipinski definition) is 4. The molecule has 24 heavy (non-hydrogen) atoms. The molecule has 1 N–H and O–H groups in total. The molecule has 1 saturated heterocycles. The predicted octanol–water partition coefficient (Wildman–Crippen LogP) is 2.40. The number of halogens is 3. The summed E-state index contributed by atoms with van der Waals surface area (Å²) in [5, 5.41) is 2.21. The molecule has 1 aliphatic heterocycles. The highest BCUT2D eigenvalue weighted by molar-refractivity contribution is 7.80. The average Bonchev–Trinajstić information content (AvgIpc) is 2.48. The molecule has 2 amide bonds. The number of para-hydroxylation sites is 1. The second-order valence-corrected chi connectivity index (χ2v) is 4.99. The quantitative estimate of drug-likeness (QED) is 0.390. The summed E-state index contributed by atoms with van der Waals surface area (Å²) in [6.45, 7) is 3.53. The van der Waals surface area contributed by atoms with Crippen LogP contribution in [-0.2, 0) is 9.59 Å². The first kappa shape index (κ1) is 17.7. The van der Waals surface area contributed by atoms with Crippen LogP contribution in [0.5, 0.6) is 5.75 Å². The van der Waals surface area contributed by atoms with E-state index in [0.717, 1.165) is 17.0 Å². The number of rotatable bonds is 4. The van der Waals surface area contributed by atoms with Gasteiger partial charge in [0.1, 0.15) is 11.3 Å². The summed E-state index contributed by atoms with van der Waals surface area (Å²) in [7, 11) is 0. The van der Waals surface area contributed by atoms with E-state index >= 15 is 0 Å². The smallest absolute Gasteiger partial charge is 0.405 e. The molecule has 5 nitrogen and oxygen atoms in total. The SMILES string of the molecule is C=CCN1C(=O)/C(=C\c2ccccc2OC(F)(F)F)C(=O)NC1=S. The number of nitrogens with zero attached hydrogens (tertiary/aromatic N) is 1. The Balaban J connectivity index is 2.43. The van der Waals surface area contributed by atoms with Gasteiger partial charge in [-0.05, 0) is 24.4 Å². The van der Waals surface area contributed by atoms with Crippen molar-refractivity contribution in [2.75, 3.05) is 6.54 Å². The number of hydrogen-bond donors (Lipinski definition) is 1. The summed E-state index contributed by atoms with van der Waals surface area (Å²) >= 11 is 4.89. The number of ether oxygens (including phenoxy) is 1. The molecular formula is C15H11F3N2O3S. The minimum Gasteiger partial charge on any atom is -0.405 e. The van der Waals surface area contributed by atoms with E-state index in [9.17, 15) is 22.8 Å². The fourth-order valence-electron chi connectivity index (χ4n) is 1.96. The van der Waals surface area contributed by atoms with E-state index in [1.54, 1.807) is 0 Å². The van der Waals surface area contributed by atoms with Crippen molar-refractivity contribution in [1.82, 2.24) is 10.2 Å². The maximum atomic E-state index is 12.4. The summed E-state index contributed by atoms with van der Waals surface area (Å²) in [6.07, 6.45) is -2.47. The molecule has 0 aliphatic carbocycles. The number of alkyl halides is 3. The molecule has 0 aromatic heterocycles. The largest absolute Gasteiger partial charge is 0.573 e. The van der Waals surface area contributed by atoms with Crippen molar-refractivity contribution in [2.45, 2.75) is 6.36 Å². The second kappa shape index (κ2) is 6.83. The number of carbonyl (C=O) groups excluding carboxylic acids is 2. The lowest BCUT2D eigenvalue weighted by molar-refractivity contribution is -0.274. The Morgan fingerprint density at radius 1 is 1.29 bits per heavy atom. The maximum absolute atomic E-state index is 12.4. The van der Waals surface area contributed by atoms with E-state index < -0.39 is 23.9 Å². The summed E-state index contributed by atoms with van der Waals surface area (Å²) in [6, 6.07) is 5.16. The molecule has 1 aromatic carbocycles. The molecule has 0 unspecified atom stereocenters. The van der Waals surface area contributed by atoms with Crippen LogP contribution in [0.1, 0.15) is 5.56 Å². The van der Waals surface area contributed by atoms with E-state index in [0.29, 0.717) is 0 Å². The lowest BCUT2D eigenvalue weighted by Gasteiger charge is -2.27. The number of carbonyl (C=O) groups is 2. The Hall–Kier alpha value is -2.68. The van der Waals surface area contributed by atoms with E-state index in [4.69, 9.17) is 12.2 Å². The summed E-state index contributed by atoms with van der Waals surface area (Å²) in [5.74, 6) is -2.06. The third-order valence-electron chi connectivity index (χ3n) is 2.94. The van der Waals surface area contributed by atoms with Crippen molar-refractivity contribution >= 4 is 35.2 Å². The Morgan fingerprint density at radius 2 is 1.96 bits per heavy atom. The third-order valence-corrected chi connectivity index (χ3v) is 3.26. The molecule has 0 saturated carbocycles. The molecule has 2 rings (SSSR count). The Labute approximate surface area is 140 Å². The molecule has 1 heterocycles. The summed E-state index contributed by atoms with van der Waals surface area (Å²) < 4.78 is 41.2. The van der Waals surface area contributed by atoms with Gasteiger partial charge in [-0.3, -0.25) is 19.8 Å². The first-order valence-corrected chi connectivity index (χ1v) is 6.98. The zero-order valence-electron chi connectivity index (χ0n) is 12.1. The lowest BCUT2D eigenvalue weighted by atomic mass is 10.1. The molecule has 1 aliphatic rings. The van der Waals surface area contributed by atoms with Crippen molar-refractivity contribution in [1.29, 1.82) is 0 Å². The van der Waals surface area contributed by atoms with Gasteiger partial charge < -0.3 is 4.74 Å². The van der Waals surface area contributed by atoms with Gasteiger partial charge >= 0.3 is 6.36 Å². The molecule has 126 valence electrons. The maximum Gasteiger partial charge on any atom is 0.573 e. The van der Waals surface area contributed by atoms with Crippen LogP contribution in [0.15, 0.2) is 42.5 Å². The van der Waals surface area contributed by atoms with E-state index in [2.05, 4.69) is 16.6 Å². The van der Waals surface area contributed by atoms with Crippen molar-refractivity contribution in [2.24, 2.45) is 0 Å². The van der Waals surface area contributed by atoms with Crippen LogP contribution < -0.4 is 10.1 Å². The Bertz CT molecular complexity index is 744. The molecule has 9 heteroatoms. The summed E-state index contributed by atoms with van der Waals surface area (Å²) in [5.41, 5.74) is -0.427. The van der Waals surface area contributed by atoms with Gasteiger partial charge in [0, 0.05) is 12.1 Å². The van der Waals surface area contributed by atoms with Gasteiger partial charge in [-0.2, -0.15) is 0 Å². The average molecular weight is 356 g/mol. The number of thiocarbonyl (C=S) groups is 1. The van der Waals surface area contributed by atoms with Gasteiger partial charge in [-0.1, -0.05) is 24.3 Å². The zero-order chi connectivity index (χ0) is 17.9. The fourth-order valence-corrected chi connectivity index (χ4v) is 2.21. The Kier molecular flexibility index (Phi) is 5.03. The van der Waals surface area contributed by atoms with Gasteiger partial charge in [-0.15, -0.1) is 19.8 Å². The minimum absolute atomic E-state index is 0.0516. The van der Waals surface area contributed by atoms with Gasteiger partial charge in [0.15, 0.2) is 5.11 Å². The second-order valence-electron chi connectivity index (χ2n) is 4.61. The standard InChI is InChI=1S/C15H11F3N2O3S/c1-2-7-20-13(22)10(12(21)19-14(20)24)8-9-5-3-4-6-11(9)23-15(16,17)18/h2-6,8H,1,7H2,(H,19,21,24)/b10-8-. The molecular weight excluding hydrogens is 345 g/mol. The lowest BCUT2D eigenvalue weighted by Crippen LogP contribution is -2.53. The molecule has 1 fully saturated rings. The van der Waals surface area contributed by atoms with Crippen molar-refractivity contribution in [3.05, 3.63) is 48.1 Å². The first-order chi connectivity index (χ1) is 11.2. The molecule has 0 atom stereocenters. The highest BCUT2D eigenvalue weighted by Crippen LogP contribution is 2.28. The van der Waals surface area contributed by atoms with E-state index in [1.807, 2.05) is 0 Å². The van der Waals surface area contributed by atoms with E-state index in [1.165, 1.54) is 24.3 Å². The van der Waals surface area contributed by atoms with Crippen LogP contribution in [0, 0.1) is 0 Å². The van der Waals surface area contributed by atoms with Gasteiger partial charge in [0.25, 0.3) is 11.8 Å². The molecule has 0 bridgehead atoms. The van der Waals surface area contributed by atoms with Crippen LogP contribution in [0.4, 0.5) is 13.2 Å². The van der Waals surface area contributed by atoms with Crippen LogP contribution in [0.3, 0.4) is 0 Å². The van der Waals surface area contributed by atoms with Gasteiger partial charge in [0.2, 0.25) is 0 Å². The van der Waals surface area contributed by atoms with Crippen LogP contribution in [-0.4, -0.2) is 34.7 Å². The minimum atomic E-state index is -4.90. The normalized spacial score (nSPS) is 17.0. The highest BCUT2D eigenvalue weighted by atomic mass is 32.1. The molecule has 0 radical (unpaired) electrons. The molecule has 1 aromatic rings. The number of nitrogens with one attached hydrogen (secondary N) is 1. The topological polar surface area (TPSA) is 58.6 Å². The predicted molar refractivity (Wildman–Crippen MR) is 83.8 cm³/mol. The van der Waals surface area contributed by atoms with Crippen molar-refractivity contribution in [3.63, 3.8) is 0 Å². The van der Waals surface area contributed by atoms with E-state index in [-0.39, 0.29) is 22.8 Å². The van der Waals surface area contributed by atoms with Crippen LogP contribution >= 0.6 is 12.2 Å². The third kappa shape index (κ3) is 3.99. The van der Waals surface area contributed by atoms with Gasteiger partial charge in [-0.25, -0.2) is 0 Å². The zero-order valence-corrected chi connectivity index (χ0v) is 12.9. The highest BCUT2D eigenvalue weighted by Gasteiger charge is 2.34. The number of benzene rings is 1.